The summed E-state index contributed by atoms with van der Waals surface area (Å²) in [6.45, 7) is 4.21. The first-order valence-electron chi connectivity index (χ1n) is 9.30. The van der Waals surface area contributed by atoms with Gasteiger partial charge in [0.25, 0.3) is 0 Å². The molecule has 0 spiro atoms. The Labute approximate surface area is 166 Å². The van der Waals surface area contributed by atoms with E-state index in [0.717, 1.165) is 37.0 Å². The van der Waals surface area contributed by atoms with Crippen LogP contribution in [0, 0.1) is 5.92 Å². The molecule has 1 atom stereocenters. The number of ether oxygens (including phenoxy) is 1. The Morgan fingerprint density at radius 3 is 2.50 bits per heavy atom. The number of carboxylic acids is 1. The van der Waals surface area contributed by atoms with Gasteiger partial charge in [0, 0.05) is 6.07 Å². The molecule has 0 aliphatic heterocycles. The third-order valence-corrected chi connectivity index (χ3v) is 4.85. The molecule has 0 saturated heterocycles. The summed E-state index contributed by atoms with van der Waals surface area (Å²) in [5.74, 6) is -0.973. The summed E-state index contributed by atoms with van der Waals surface area (Å²) in [7, 11) is 0. The van der Waals surface area contributed by atoms with Crippen LogP contribution in [0.25, 0.3) is 10.2 Å². The fraction of sp³-hybridized carbons (Fsp3) is 0.579. The Hall–Kier alpha value is -2.03. The smallest absolute Gasteiger partial charge is 0.481 e. The number of carbonyl (C=O) groups is 1. The highest BCUT2D eigenvalue weighted by Gasteiger charge is 2.31. The van der Waals surface area contributed by atoms with E-state index in [1.54, 1.807) is 0 Å². The number of nitrogens with zero attached hydrogens (tertiary/aromatic N) is 1. The summed E-state index contributed by atoms with van der Waals surface area (Å²) in [4.78, 5) is 14.7. The van der Waals surface area contributed by atoms with E-state index in [1.807, 2.05) is 6.92 Å². The molecule has 28 heavy (non-hydrogen) atoms. The summed E-state index contributed by atoms with van der Waals surface area (Å²) >= 11 is 1.11. The highest BCUT2D eigenvalue weighted by Crippen LogP contribution is 2.30. The molecule has 5 nitrogen and oxygen atoms in total. The molecular formula is C19H27F3N2O3S. The van der Waals surface area contributed by atoms with Crippen LogP contribution in [0.5, 0.6) is 5.75 Å². The number of alkyl halides is 3. The first-order valence-corrected chi connectivity index (χ1v) is 10.1. The van der Waals surface area contributed by atoms with Crippen LogP contribution in [0.4, 0.5) is 18.3 Å². The first-order chi connectivity index (χ1) is 13.2. The SMILES string of the molecule is CCCCCC[C@@H](CCC)C(=O)O.Nc1nc2ccc(OC(F)(F)F)cc2s1. The van der Waals surface area contributed by atoms with E-state index in [1.165, 1.54) is 37.5 Å². The Kier molecular flexibility index (Phi) is 10.1. The van der Waals surface area contributed by atoms with Crippen LogP contribution in [0.1, 0.15) is 58.8 Å². The molecule has 2 rings (SSSR count). The number of anilines is 1. The van der Waals surface area contributed by atoms with Gasteiger partial charge in [-0.3, -0.25) is 4.79 Å². The number of fused-ring (bicyclic) bond motifs is 1. The van der Waals surface area contributed by atoms with Crippen molar-refractivity contribution < 1.29 is 27.8 Å². The van der Waals surface area contributed by atoms with Crippen LogP contribution in [0.2, 0.25) is 0 Å². The molecule has 0 bridgehead atoms. The molecule has 1 heterocycles. The van der Waals surface area contributed by atoms with Crippen LogP contribution in [0.3, 0.4) is 0 Å². The van der Waals surface area contributed by atoms with Gasteiger partial charge in [-0.15, -0.1) is 13.2 Å². The second-order valence-electron chi connectivity index (χ2n) is 6.40. The lowest BCUT2D eigenvalue weighted by molar-refractivity contribution is -0.274. The maximum Gasteiger partial charge on any atom is 0.573 e. The molecule has 0 unspecified atom stereocenters. The molecule has 0 radical (unpaired) electrons. The third kappa shape index (κ3) is 9.25. The van der Waals surface area contributed by atoms with Gasteiger partial charge in [0.05, 0.1) is 16.1 Å². The quantitative estimate of drug-likeness (QED) is 0.469. The molecule has 158 valence electrons. The van der Waals surface area contributed by atoms with Gasteiger partial charge >= 0.3 is 12.3 Å². The van der Waals surface area contributed by atoms with Crippen LogP contribution >= 0.6 is 11.3 Å². The zero-order chi connectivity index (χ0) is 21.2. The minimum absolute atomic E-state index is 0.0955. The van der Waals surface area contributed by atoms with Crippen LogP contribution in [-0.2, 0) is 4.79 Å². The lowest BCUT2D eigenvalue weighted by atomic mass is 9.96. The number of aliphatic carboxylic acids is 1. The number of nitrogen functional groups attached to an aromatic ring is 1. The topological polar surface area (TPSA) is 85.4 Å². The molecule has 0 fully saturated rings. The lowest BCUT2D eigenvalue weighted by Gasteiger charge is -2.09. The van der Waals surface area contributed by atoms with Crippen molar-refractivity contribution in [2.75, 3.05) is 5.73 Å². The molecule has 1 aromatic carbocycles. The van der Waals surface area contributed by atoms with E-state index in [0.29, 0.717) is 15.3 Å². The number of carboxylic acid groups (broad SMARTS) is 1. The second kappa shape index (κ2) is 11.7. The summed E-state index contributed by atoms with van der Waals surface area (Å²) in [6, 6.07) is 3.90. The molecule has 9 heteroatoms. The summed E-state index contributed by atoms with van der Waals surface area (Å²) in [5, 5.41) is 9.17. The van der Waals surface area contributed by atoms with E-state index in [2.05, 4.69) is 16.6 Å². The van der Waals surface area contributed by atoms with Crippen LogP contribution < -0.4 is 10.5 Å². The number of aromatic nitrogens is 1. The van der Waals surface area contributed by atoms with E-state index in [9.17, 15) is 18.0 Å². The number of thiazole rings is 1. The molecule has 0 aliphatic carbocycles. The lowest BCUT2D eigenvalue weighted by Crippen LogP contribution is -2.16. The largest absolute Gasteiger partial charge is 0.573 e. The van der Waals surface area contributed by atoms with Crippen molar-refractivity contribution >= 4 is 32.7 Å². The summed E-state index contributed by atoms with van der Waals surface area (Å²) in [6.07, 6.45) is 2.71. The molecule has 2 aromatic rings. The molecular weight excluding hydrogens is 393 g/mol. The molecule has 0 aliphatic rings. The minimum Gasteiger partial charge on any atom is -0.481 e. The van der Waals surface area contributed by atoms with E-state index in [4.69, 9.17) is 10.8 Å². The van der Waals surface area contributed by atoms with E-state index < -0.39 is 12.3 Å². The number of nitrogens with two attached hydrogens (primary N) is 1. The number of unbranched alkanes of at least 4 members (excludes halogenated alkanes) is 3. The zero-order valence-corrected chi connectivity index (χ0v) is 16.9. The number of hydrogen-bond acceptors (Lipinski definition) is 5. The molecule has 3 N–H and O–H groups in total. The van der Waals surface area contributed by atoms with Gasteiger partial charge in [0.2, 0.25) is 0 Å². The van der Waals surface area contributed by atoms with Crippen molar-refractivity contribution in [2.24, 2.45) is 5.92 Å². The van der Waals surface area contributed by atoms with Crippen molar-refractivity contribution in [3.63, 3.8) is 0 Å². The molecule has 0 saturated carbocycles. The number of hydrogen-bond donors (Lipinski definition) is 2. The predicted octanol–water partition coefficient (Wildman–Crippen LogP) is 6.23. The van der Waals surface area contributed by atoms with Gasteiger partial charge in [-0.05, 0) is 25.0 Å². The Bertz CT molecular complexity index is 735. The Morgan fingerprint density at radius 2 is 1.93 bits per heavy atom. The first kappa shape index (κ1) is 24.0. The van der Waals surface area contributed by atoms with Gasteiger partial charge in [-0.1, -0.05) is 57.3 Å². The monoisotopic (exact) mass is 420 g/mol. The van der Waals surface area contributed by atoms with E-state index in [-0.39, 0.29) is 11.7 Å². The second-order valence-corrected chi connectivity index (χ2v) is 7.46. The van der Waals surface area contributed by atoms with Gasteiger partial charge in [-0.2, -0.15) is 0 Å². The van der Waals surface area contributed by atoms with Crippen molar-refractivity contribution in [1.82, 2.24) is 4.98 Å². The average Bonchev–Trinajstić information content (AvgIpc) is 2.96. The van der Waals surface area contributed by atoms with Crippen molar-refractivity contribution in [3.8, 4) is 5.75 Å². The normalized spacial score (nSPS) is 12.3. The van der Waals surface area contributed by atoms with Crippen LogP contribution in [-0.4, -0.2) is 22.4 Å². The standard InChI is InChI=1S/C11H22O2.C8H5F3N2OS/c1-3-5-6-7-9-10(8-4-2)11(12)13;9-8(10,11)14-4-1-2-5-6(3-4)15-7(12)13-5/h10H,3-9H2,1-2H3,(H,12,13);1-3H,(H2,12,13)/t10-;/m1./s1. The highest BCUT2D eigenvalue weighted by atomic mass is 32.1. The average molecular weight is 420 g/mol. The molecule has 1 aromatic heterocycles. The fourth-order valence-corrected chi connectivity index (χ4v) is 3.44. The molecule has 0 amide bonds. The van der Waals surface area contributed by atoms with Crippen molar-refractivity contribution in [1.29, 1.82) is 0 Å². The number of halogens is 3. The van der Waals surface area contributed by atoms with Gasteiger partial charge < -0.3 is 15.6 Å². The number of benzene rings is 1. The van der Waals surface area contributed by atoms with Gasteiger partial charge in [0.15, 0.2) is 5.13 Å². The predicted molar refractivity (Wildman–Crippen MR) is 106 cm³/mol. The maximum atomic E-state index is 11.9. The fourth-order valence-electron chi connectivity index (χ4n) is 2.68. The van der Waals surface area contributed by atoms with Gasteiger partial charge in [0.1, 0.15) is 5.75 Å². The highest BCUT2D eigenvalue weighted by molar-refractivity contribution is 7.22. The van der Waals surface area contributed by atoms with Crippen molar-refractivity contribution in [2.45, 2.75) is 65.2 Å². The number of rotatable bonds is 9. The van der Waals surface area contributed by atoms with Crippen LogP contribution in [0.15, 0.2) is 18.2 Å². The maximum absolute atomic E-state index is 11.9. The Morgan fingerprint density at radius 1 is 1.21 bits per heavy atom. The Balaban J connectivity index is 0.000000284. The van der Waals surface area contributed by atoms with E-state index >= 15 is 0 Å². The minimum atomic E-state index is -4.68. The third-order valence-electron chi connectivity index (χ3n) is 4.00. The zero-order valence-electron chi connectivity index (χ0n) is 16.1. The van der Waals surface area contributed by atoms with Gasteiger partial charge in [-0.25, -0.2) is 4.98 Å². The van der Waals surface area contributed by atoms with Crippen molar-refractivity contribution in [3.05, 3.63) is 18.2 Å². The summed E-state index contributed by atoms with van der Waals surface area (Å²) in [5.41, 5.74) is 5.97. The summed E-state index contributed by atoms with van der Waals surface area (Å²) < 4.78 is 40.0.